The maximum atomic E-state index is 12.4. The molecule has 0 saturated carbocycles. The molecule has 3 N–H and O–H groups in total. The molecule has 2 fully saturated rings. The molecule has 53 heavy (non-hydrogen) atoms. The molecule has 2 aliphatic rings. The molecular formula is C41H54N8O4. The van der Waals surface area contributed by atoms with Crippen molar-refractivity contribution in [3.63, 3.8) is 0 Å². The minimum absolute atomic E-state index is 0.0635. The largest absolute Gasteiger partial charge is 0.497 e. The third-order valence-corrected chi connectivity index (χ3v) is 10.6. The SMILES string of the molecule is CCc1ccc(CNC2CCN(CCn3c(=O)cnc4ccc(OC)cc43)CC2)cc1.COc1ccc2ncc(=O)n(CCN3CCC(N)CC3)c2c1. The van der Waals surface area contributed by atoms with Gasteiger partial charge in [-0.1, -0.05) is 31.2 Å². The first-order chi connectivity index (χ1) is 25.8. The van der Waals surface area contributed by atoms with Gasteiger partial charge in [0.2, 0.25) is 0 Å². The average Bonchev–Trinajstić information content (AvgIpc) is 3.20. The van der Waals surface area contributed by atoms with E-state index in [-0.39, 0.29) is 11.1 Å². The number of aromatic nitrogens is 4. The van der Waals surface area contributed by atoms with E-state index >= 15 is 0 Å². The maximum absolute atomic E-state index is 12.4. The molecule has 2 aromatic heterocycles. The minimum Gasteiger partial charge on any atom is -0.497 e. The van der Waals surface area contributed by atoms with Gasteiger partial charge in [0.05, 0.1) is 48.7 Å². The van der Waals surface area contributed by atoms with E-state index in [0.717, 1.165) is 111 Å². The van der Waals surface area contributed by atoms with E-state index in [1.807, 2.05) is 41.0 Å². The highest BCUT2D eigenvalue weighted by Gasteiger charge is 2.19. The Morgan fingerprint density at radius 2 is 1.15 bits per heavy atom. The zero-order valence-electron chi connectivity index (χ0n) is 31.4. The summed E-state index contributed by atoms with van der Waals surface area (Å²) in [4.78, 5) is 37.9. The second-order valence-corrected chi connectivity index (χ2v) is 14.1. The number of aryl methyl sites for hydroxylation is 1. The van der Waals surface area contributed by atoms with Crippen LogP contribution in [0.5, 0.6) is 11.5 Å². The van der Waals surface area contributed by atoms with E-state index in [1.54, 1.807) is 18.8 Å². The highest BCUT2D eigenvalue weighted by Crippen LogP contribution is 2.20. The van der Waals surface area contributed by atoms with Crippen molar-refractivity contribution < 1.29 is 9.47 Å². The van der Waals surface area contributed by atoms with Crippen molar-refractivity contribution in [2.45, 2.75) is 70.7 Å². The molecule has 0 aliphatic carbocycles. The Morgan fingerprint density at radius 1 is 0.679 bits per heavy atom. The number of likely N-dealkylation sites (tertiary alicyclic amines) is 2. The Morgan fingerprint density at radius 3 is 1.62 bits per heavy atom. The van der Waals surface area contributed by atoms with Crippen molar-refractivity contribution in [3.05, 3.63) is 105 Å². The smallest absolute Gasteiger partial charge is 0.269 e. The first-order valence-electron chi connectivity index (χ1n) is 18.9. The van der Waals surface area contributed by atoms with Gasteiger partial charge in [-0.15, -0.1) is 0 Å². The summed E-state index contributed by atoms with van der Waals surface area (Å²) in [5.41, 5.74) is 11.8. The number of benzene rings is 3. The molecule has 12 heteroatoms. The van der Waals surface area contributed by atoms with Crippen LogP contribution in [-0.2, 0) is 26.1 Å². The molecule has 0 atom stereocenters. The fraction of sp³-hybridized carbons (Fsp3) is 0.463. The summed E-state index contributed by atoms with van der Waals surface area (Å²) in [7, 11) is 3.26. The number of piperidine rings is 2. The highest BCUT2D eigenvalue weighted by atomic mass is 16.5. The van der Waals surface area contributed by atoms with Gasteiger partial charge in [-0.05, 0) is 93.7 Å². The summed E-state index contributed by atoms with van der Waals surface area (Å²) in [6.45, 7) is 10.2. The fourth-order valence-corrected chi connectivity index (χ4v) is 7.17. The number of nitrogens with one attached hydrogen (secondary N) is 1. The van der Waals surface area contributed by atoms with E-state index in [2.05, 4.69) is 56.3 Å². The Labute approximate surface area is 311 Å². The number of ether oxygens (including phenoxy) is 2. The molecule has 0 bridgehead atoms. The van der Waals surface area contributed by atoms with Gasteiger partial charge in [-0.2, -0.15) is 0 Å². The van der Waals surface area contributed by atoms with Crippen LogP contribution in [0.2, 0.25) is 0 Å². The van der Waals surface area contributed by atoms with Crippen LogP contribution >= 0.6 is 0 Å². The average molecular weight is 723 g/mol. The molecular weight excluding hydrogens is 669 g/mol. The number of rotatable bonds is 12. The number of fused-ring (bicyclic) bond motifs is 2. The summed E-state index contributed by atoms with van der Waals surface area (Å²) in [5.74, 6) is 1.47. The van der Waals surface area contributed by atoms with Crippen molar-refractivity contribution in [1.82, 2.24) is 34.2 Å². The Kier molecular flexibility index (Phi) is 13.2. The number of hydrogen-bond acceptors (Lipinski definition) is 10. The number of nitrogens with zero attached hydrogens (tertiary/aromatic N) is 6. The Hall–Kier alpha value is -4.62. The summed E-state index contributed by atoms with van der Waals surface area (Å²) < 4.78 is 14.2. The lowest BCUT2D eigenvalue weighted by atomic mass is 10.0. The molecule has 3 aromatic carbocycles. The lowest BCUT2D eigenvalue weighted by molar-refractivity contribution is 0.191. The van der Waals surface area contributed by atoms with Crippen LogP contribution in [0, 0.1) is 0 Å². The van der Waals surface area contributed by atoms with Gasteiger partial charge < -0.3 is 39.5 Å². The fourth-order valence-electron chi connectivity index (χ4n) is 7.17. The maximum Gasteiger partial charge on any atom is 0.269 e. The molecule has 7 rings (SSSR count). The number of methoxy groups -OCH3 is 2. The first kappa shape index (κ1) is 38.1. The lowest BCUT2D eigenvalue weighted by Gasteiger charge is -2.32. The summed E-state index contributed by atoms with van der Waals surface area (Å²) in [5, 5.41) is 3.71. The van der Waals surface area contributed by atoms with Crippen LogP contribution in [0.25, 0.3) is 22.1 Å². The second kappa shape index (κ2) is 18.4. The minimum atomic E-state index is -0.0746. The molecule has 5 aromatic rings. The molecule has 0 unspecified atom stereocenters. The van der Waals surface area contributed by atoms with Crippen molar-refractivity contribution in [2.75, 3.05) is 53.5 Å². The van der Waals surface area contributed by atoms with Crippen molar-refractivity contribution in [2.24, 2.45) is 5.73 Å². The van der Waals surface area contributed by atoms with Crippen LogP contribution in [0.3, 0.4) is 0 Å². The topological polar surface area (TPSA) is 133 Å². The molecule has 2 saturated heterocycles. The van der Waals surface area contributed by atoms with E-state index in [4.69, 9.17) is 15.2 Å². The van der Waals surface area contributed by atoms with E-state index in [0.29, 0.717) is 25.2 Å². The van der Waals surface area contributed by atoms with Crippen LogP contribution in [0.4, 0.5) is 0 Å². The predicted octanol–water partition coefficient (Wildman–Crippen LogP) is 4.05. The van der Waals surface area contributed by atoms with Gasteiger partial charge in [0, 0.05) is 56.9 Å². The normalized spacial score (nSPS) is 16.1. The van der Waals surface area contributed by atoms with E-state index < -0.39 is 0 Å². The number of nitrogens with two attached hydrogens (primary N) is 1. The number of hydrogen-bond donors (Lipinski definition) is 2. The summed E-state index contributed by atoms with van der Waals surface area (Å²) in [6, 6.07) is 21.1. The van der Waals surface area contributed by atoms with E-state index in [1.165, 1.54) is 23.5 Å². The lowest BCUT2D eigenvalue weighted by Crippen LogP contribution is -2.43. The molecule has 2 aliphatic heterocycles. The molecule has 0 amide bonds. The monoisotopic (exact) mass is 722 g/mol. The second-order valence-electron chi connectivity index (χ2n) is 14.1. The van der Waals surface area contributed by atoms with Gasteiger partial charge in [-0.25, -0.2) is 9.97 Å². The predicted molar refractivity (Wildman–Crippen MR) is 211 cm³/mol. The van der Waals surface area contributed by atoms with Gasteiger partial charge in [0.1, 0.15) is 11.5 Å². The summed E-state index contributed by atoms with van der Waals surface area (Å²) in [6.07, 6.45) is 8.21. The standard InChI is InChI=1S/C25H32N4O2.C16H22N4O2/c1-3-19-4-6-20(7-5-19)17-26-21-10-12-28(13-11-21)14-15-29-24-16-22(31-2)8-9-23(24)27-18-25(29)30;1-22-13-2-3-14-15(10-13)20(16(21)11-18-14)9-8-19-6-4-12(17)5-7-19/h4-9,16,18,21,26H,3,10-15,17H2,1-2H3;2-3,10-12H,4-9,17H2,1H3. The van der Waals surface area contributed by atoms with Crippen LogP contribution in [0.15, 0.2) is 82.6 Å². The zero-order valence-corrected chi connectivity index (χ0v) is 31.4. The summed E-state index contributed by atoms with van der Waals surface area (Å²) >= 11 is 0. The van der Waals surface area contributed by atoms with Crippen molar-refractivity contribution in [1.29, 1.82) is 0 Å². The van der Waals surface area contributed by atoms with Gasteiger partial charge in [-0.3, -0.25) is 9.59 Å². The van der Waals surface area contributed by atoms with Crippen molar-refractivity contribution in [3.8, 4) is 11.5 Å². The highest BCUT2D eigenvalue weighted by molar-refractivity contribution is 5.77. The Balaban J connectivity index is 0.000000192. The third kappa shape index (κ3) is 10.1. The Bertz CT molecular complexity index is 2050. The van der Waals surface area contributed by atoms with Gasteiger partial charge in [0.15, 0.2) is 0 Å². The van der Waals surface area contributed by atoms with Gasteiger partial charge >= 0.3 is 0 Å². The first-order valence-corrected chi connectivity index (χ1v) is 18.9. The molecule has 0 spiro atoms. The van der Waals surface area contributed by atoms with Crippen LogP contribution in [-0.4, -0.2) is 94.5 Å². The van der Waals surface area contributed by atoms with Crippen molar-refractivity contribution >= 4 is 22.1 Å². The van der Waals surface area contributed by atoms with E-state index in [9.17, 15) is 9.59 Å². The van der Waals surface area contributed by atoms with Gasteiger partial charge in [0.25, 0.3) is 11.1 Å². The zero-order chi connectivity index (χ0) is 37.2. The molecule has 282 valence electrons. The quantitative estimate of drug-likeness (QED) is 0.195. The van der Waals surface area contributed by atoms with Crippen LogP contribution in [0.1, 0.15) is 43.7 Å². The molecule has 0 radical (unpaired) electrons. The molecule has 4 heterocycles. The molecule has 12 nitrogen and oxygen atoms in total. The third-order valence-electron chi connectivity index (χ3n) is 10.6. The van der Waals surface area contributed by atoms with Crippen LogP contribution < -0.4 is 31.6 Å².